The van der Waals surface area contributed by atoms with E-state index in [1.165, 1.54) is 4.57 Å². The number of rotatable bonds is 5. The van der Waals surface area contributed by atoms with Crippen molar-refractivity contribution in [1.29, 1.82) is 0 Å². The molecule has 7 nitrogen and oxygen atoms in total. The number of hydrogen-bond donors (Lipinski definition) is 0. The van der Waals surface area contributed by atoms with Crippen LogP contribution in [0.25, 0.3) is 0 Å². The van der Waals surface area contributed by atoms with E-state index in [1.54, 1.807) is 6.07 Å². The molecule has 0 N–H and O–H groups in total. The summed E-state index contributed by atoms with van der Waals surface area (Å²) in [4.78, 5) is 21.3. The summed E-state index contributed by atoms with van der Waals surface area (Å²) in [6.07, 6.45) is -3.14. The largest absolute Gasteiger partial charge is 0.473 e. The Morgan fingerprint density at radius 2 is 1.85 bits per heavy atom. The SMILES string of the molecule is C[C@H]1CCn2c(cc(OCc3cc(F)c(Oc4ccc(C(F)(F)F)nc4)c(F)c3)nc2=O)N1C. The Kier molecular flexibility index (Phi) is 6.15. The Bertz CT molecular complexity index is 1240. The molecule has 0 saturated carbocycles. The fraction of sp³-hybridized carbons (Fsp3) is 0.318. The summed E-state index contributed by atoms with van der Waals surface area (Å²) in [6.45, 7) is 2.26. The standard InChI is InChI=1S/C22H19F5N4O3/c1-12-5-6-31-19(30(12)2)9-18(29-21(31)32)33-11-13-7-15(23)20(16(24)8-13)34-14-3-4-17(28-10-14)22(25,26)27/h3-4,7-10,12H,5-6,11H2,1-2H3/t12-/m0/s1. The highest BCUT2D eigenvalue weighted by Crippen LogP contribution is 2.32. The van der Waals surface area contributed by atoms with Crippen LogP contribution in [0.4, 0.5) is 27.8 Å². The lowest BCUT2D eigenvalue weighted by Gasteiger charge is -2.34. The number of anilines is 1. The van der Waals surface area contributed by atoms with Crippen molar-refractivity contribution >= 4 is 5.82 Å². The lowest BCUT2D eigenvalue weighted by Crippen LogP contribution is -2.41. The zero-order valence-corrected chi connectivity index (χ0v) is 18.1. The van der Waals surface area contributed by atoms with Crippen molar-refractivity contribution in [2.24, 2.45) is 0 Å². The summed E-state index contributed by atoms with van der Waals surface area (Å²) < 4.78 is 78.8. The number of fused-ring (bicyclic) bond motifs is 1. The maximum Gasteiger partial charge on any atom is 0.433 e. The minimum Gasteiger partial charge on any atom is -0.473 e. The summed E-state index contributed by atoms with van der Waals surface area (Å²) in [5.41, 5.74) is -1.56. The van der Waals surface area contributed by atoms with Gasteiger partial charge in [-0.2, -0.15) is 18.2 Å². The number of ether oxygens (including phenoxy) is 2. The molecule has 3 heterocycles. The second-order valence-corrected chi connectivity index (χ2v) is 7.79. The topological polar surface area (TPSA) is 69.5 Å². The number of benzene rings is 1. The van der Waals surface area contributed by atoms with Crippen molar-refractivity contribution in [3.8, 4) is 17.4 Å². The van der Waals surface area contributed by atoms with Gasteiger partial charge < -0.3 is 14.4 Å². The van der Waals surface area contributed by atoms with Gasteiger partial charge >= 0.3 is 11.9 Å². The Morgan fingerprint density at radius 3 is 2.47 bits per heavy atom. The van der Waals surface area contributed by atoms with Gasteiger partial charge in [-0.05, 0) is 43.2 Å². The first-order valence-corrected chi connectivity index (χ1v) is 10.2. The molecule has 0 saturated heterocycles. The normalized spacial score (nSPS) is 15.7. The van der Waals surface area contributed by atoms with E-state index in [0.717, 1.165) is 30.8 Å². The average molecular weight is 482 g/mol. The molecule has 0 aliphatic carbocycles. The first kappa shape index (κ1) is 23.5. The van der Waals surface area contributed by atoms with Crippen LogP contribution >= 0.6 is 0 Å². The molecule has 0 unspecified atom stereocenters. The fourth-order valence-corrected chi connectivity index (χ4v) is 3.46. The van der Waals surface area contributed by atoms with Crippen molar-refractivity contribution in [1.82, 2.24) is 14.5 Å². The maximum atomic E-state index is 14.5. The van der Waals surface area contributed by atoms with Gasteiger partial charge in [-0.1, -0.05) is 0 Å². The predicted octanol–water partition coefficient (Wildman–Crippen LogP) is 4.54. The molecule has 0 spiro atoms. The van der Waals surface area contributed by atoms with E-state index < -0.39 is 34.9 Å². The highest BCUT2D eigenvalue weighted by molar-refractivity contribution is 5.44. The van der Waals surface area contributed by atoms with Crippen molar-refractivity contribution in [2.75, 3.05) is 11.9 Å². The molecular formula is C22H19F5N4O3. The van der Waals surface area contributed by atoms with Crippen molar-refractivity contribution < 1.29 is 31.4 Å². The number of hydrogen-bond acceptors (Lipinski definition) is 6. The van der Waals surface area contributed by atoms with Gasteiger partial charge in [0.15, 0.2) is 17.4 Å². The molecule has 12 heteroatoms. The lowest BCUT2D eigenvalue weighted by atomic mass is 10.1. The number of aromatic nitrogens is 3. The summed E-state index contributed by atoms with van der Waals surface area (Å²) in [5, 5.41) is 0. The molecule has 0 radical (unpaired) electrons. The van der Waals surface area contributed by atoms with Gasteiger partial charge in [-0.15, -0.1) is 0 Å². The van der Waals surface area contributed by atoms with Gasteiger partial charge in [0.05, 0.1) is 6.20 Å². The van der Waals surface area contributed by atoms with Gasteiger partial charge in [0, 0.05) is 25.7 Å². The number of nitrogens with zero attached hydrogens (tertiary/aromatic N) is 4. The highest BCUT2D eigenvalue weighted by atomic mass is 19.4. The number of pyridine rings is 1. The van der Waals surface area contributed by atoms with E-state index in [2.05, 4.69) is 9.97 Å². The average Bonchev–Trinajstić information content (AvgIpc) is 2.77. The smallest absolute Gasteiger partial charge is 0.433 e. The summed E-state index contributed by atoms with van der Waals surface area (Å²) in [5.74, 6) is -2.62. The predicted molar refractivity (Wildman–Crippen MR) is 111 cm³/mol. The van der Waals surface area contributed by atoms with E-state index in [-0.39, 0.29) is 29.8 Å². The summed E-state index contributed by atoms with van der Waals surface area (Å²) in [7, 11) is 1.84. The summed E-state index contributed by atoms with van der Waals surface area (Å²) in [6, 6.07) is 5.25. The number of alkyl halides is 3. The van der Waals surface area contributed by atoms with Crippen LogP contribution in [0.15, 0.2) is 41.3 Å². The van der Waals surface area contributed by atoms with Crippen LogP contribution in [-0.2, 0) is 19.3 Å². The quantitative estimate of drug-likeness (QED) is 0.498. The zero-order valence-electron chi connectivity index (χ0n) is 18.1. The molecule has 4 rings (SSSR count). The third-order valence-electron chi connectivity index (χ3n) is 5.45. The van der Waals surface area contributed by atoms with Crippen LogP contribution in [-0.4, -0.2) is 27.6 Å². The van der Waals surface area contributed by atoms with Crippen LogP contribution in [0.3, 0.4) is 0 Å². The Hall–Kier alpha value is -3.70. The molecule has 0 bridgehead atoms. The van der Waals surface area contributed by atoms with Crippen LogP contribution in [0.1, 0.15) is 24.6 Å². The molecule has 1 atom stereocenters. The van der Waals surface area contributed by atoms with Crippen LogP contribution in [0.5, 0.6) is 17.4 Å². The molecule has 1 aromatic carbocycles. The fourth-order valence-electron chi connectivity index (χ4n) is 3.46. The Labute approximate surface area is 190 Å². The maximum absolute atomic E-state index is 14.5. The zero-order chi connectivity index (χ0) is 24.6. The minimum absolute atomic E-state index is 0.00849. The summed E-state index contributed by atoms with van der Waals surface area (Å²) >= 11 is 0. The second kappa shape index (κ2) is 8.92. The van der Waals surface area contributed by atoms with Crippen LogP contribution in [0, 0.1) is 11.6 Å². The van der Waals surface area contributed by atoms with Gasteiger partial charge in [0.2, 0.25) is 5.88 Å². The molecule has 1 aliphatic rings. The van der Waals surface area contributed by atoms with Gasteiger partial charge in [-0.3, -0.25) is 4.57 Å². The van der Waals surface area contributed by atoms with Crippen LogP contribution < -0.4 is 20.1 Å². The molecule has 0 fully saturated rings. The third-order valence-corrected chi connectivity index (χ3v) is 5.45. The first-order chi connectivity index (χ1) is 16.0. The lowest BCUT2D eigenvalue weighted by molar-refractivity contribution is -0.141. The molecular weight excluding hydrogens is 463 g/mol. The van der Waals surface area contributed by atoms with E-state index in [0.29, 0.717) is 18.4 Å². The van der Waals surface area contributed by atoms with Crippen LogP contribution in [0.2, 0.25) is 0 Å². The molecule has 2 aromatic heterocycles. The van der Waals surface area contributed by atoms with Crippen molar-refractivity contribution in [3.63, 3.8) is 0 Å². The molecule has 34 heavy (non-hydrogen) atoms. The first-order valence-electron chi connectivity index (χ1n) is 10.2. The molecule has 0 amide bonds. The van der Waals surface area contributed by atoms with Crippen molar-refractivity contribution in [3.05, 3.63) is 69.9 Å². The van der Waals surface area contributed by atoms with E-state index in [1.807, 2.05) is 18.9 Å². The van der Waals surface area contributed by atoms with E-state index in [9.17, 15) is 26.7 Å². The Morgan fingerprint density at radius 1 is 1.15 bits per heavy atom. The number of halogens is 5. The minimum atomic E-state index is -4.65. The molecule has 180 valence electrons. The van der Waals surface area contributed by atoms with Crippen molar-refractivity contribution in [2.45, 2.75) is 38.7 Å². The molecule has 1 aliphatic heterocycles. The molecule has 3 aromatic rings. The monoisotopic (exact) mass is 482 g/mol. The third kappa shape index (κ3) is 4.80. The van der Waals surface area contributed by atoms with Gasteiger partial charge in [-0.25, -0.2) is 18.6 Å². The second-order valence-electron chi connectivity index (χ2n) is 7.79. The Balaban J connectivity index is 1.49. The van der Waals surface area contributed by atoms with E-state index in [4.69, 9.17) is 9.47 Å². The highest BCUT2D eigenvalue weighted by Gasteiger charge is 2.32. The van der Waals surface area contributed by atoms with Gasteiger partial charge in [0.25, 0.3) is 0 Å². The van der Waals surface area contributed by atoms with E-state index >= 15 is 0 Å². The van der Waals surface area contributed by atoms with Gasteiger partial charge in [0.1, 0.15) is 23.9 Å².